The van der Waals surface area contributed by atoms with Crippen LogP contribution in [0.2, 0.25) is 0 Å². The lowest BCUT2D eigenvalue weighted by Crippen LogP contribution is -2.45. The van der Waals surface area contributed by atoms with Crippen molar-refractivity contribution in [2.45, 2.75) is 57.9 Å². The molecule has 122 valence electrons. The van der Waals surface area contributed by atoms with Crippen molar-refractivity contribution in [2.75, 3.05) is 13.1 Å². The molecule has 1 aliphatic carbocycles. The van der Waals surface area contributed by atoms with Crippen LogP contribution in [-0.2, 0) is 11.2 Å². The molecule has 1 saturated carbocycles. The van der Waals surface area contributed by atoms with Gasteiger partial charge < -0.3 is 15.2 Å². The van der Waals surface area contributed by atoms with Crippen molar-refractivity contribution in [1.29, 1.82) is 0 Å². The molecule has 1 aromatic rings. The number of rotatable bonds is 3. The Balaban J connectivity index is 1.56. The van der Waals surface area contributed by atoms with Gasteiger partial charge in [-0.05, 0) is 38.0 Å². The quantitative estimate of drug-likeness (QED) is 0.918. The highest BCUT2D eigenvalue weighted by molar-refractivity contribution is 5.79. The average molecular weight is 306 g/mol. The zero-order valence-electron chi connectivity index (χ0n) is 13.3. The normalized spacial score (nSPS) is 29.5. The molecule has 0 bridgehead atoms. The van der Waals surface area contributed by atoms with Crippen molar-refractivity contribution in [1.82, 2.24) is 15.0 Å². The summed E-state index contributed by atoms with van der Waals surface area (Å²) in [5.74, 6) is 2.25. The van der Waals surface area contributed by atoms with Crippen molar-refractivity contribution < 1.29 is 9.32 Å². The number of likely N-dealkylation sites (tertiary alicyclic amines) is 1. The van der Waals surface area contributed by atoms with Crippen molar-refractivity contribution in [3.63, 3.8) is 0 Å². The maximum Gasteiger partial charge on any atom is 0.225 e. The fourth-order valence-corrected chi connectivity index (χ4v) is 3.82. The van der Waals surface area contributed by atoms with Crippen LogP contribution in [0.5, 0.6) is 0 Å². The van der Waals surface area contributed by atoms with Crippen LogP contribution in [-0.4, -0.2) is 40.1 Å². The van der Waals surface area contributed by atoms with Gasteiger partial charge in [-0.1, -0.05) is 11.6 Å². The maximum atomic E-state index is 12.7. The molecule has 2 heterocycles. The van der Waals surface area contributed by atoms with Gasteiger partial charge in [0.2, 0.25) is 11.8 Å². The summed E-state index contributed by atoms with van der Waals surface area (Å²) in [6.45, 7) is 3.50. The molecule has 22 heavy (non-hydrogen) atoms. The Morgan fingerprint density at radius 1 is 1.36 bits per heavy atom. The topological polar surface area (TPSA) is 85.2 Å². The molecule has 1 aliphatic heterocycles. The molecule has 0 spiro atoms. The van der Waals surface area contributed by atoms with E-state index in [-0.39, 0.29) is 12.0 Å². The summed E-state index contributed by atoms with van der Waals surface area (Å²) in [6, 6.07) is 0.200. The fraction of sp³-hybridized carbons (Fsp3) is 0.812. The van der Waals surface area contributed by atoms with Crippen molar-refractivity contribution >= 4 is 5.91 Å². The molecule has 3 rings (SSSR count). The summed E-state index contributed by atoms with van der Waals surface area (Å²) < 4.78 is 5.03. The SMILES string of the molecule is Cc1nc(C[C@@H]2CCCN(C(=O)[C@H]3CCC[C@@H](N)C3)C2)no1. The van der Waals surface area contributed by atoms with Crippen LogP contribution >= 0.6 is 0 Å². The van der Waals surface area contributed by atoms with E-state index in [4.69, 9.17) is 10.3 Å². The Morgan fingerprint density at radius 3 is 2.95 bits per heavy atom. The minimum Gasteiger partial charge on any atom is -0.342 e. The smallest absolute Gasteiger partial charge is 0.225 e. The first-order valence-electron chi connectivity index (χ1n) is 8.45. The second-order valence-electron chi connectivity index (χ2n) is 6.85. The number of nitrogens with zero attached hydrogens (tertiary/aromatic N) is 3. The Bertz CT molecular complexity index is 516. The number of aromatic nitrogens is 2. The monoisotopic (exact) mass is 306 g/mol. The van der Waals surface area contributed by atoms with E-state index < -0.39 is 0 Å². The lowest BCUT2D eigenvalue weighted by molar-refractivity contribution is -0.138. The van der Waals surface area contributed by atoms with Gasteiger partial charge in [0.05, 0.1) is 0 Å². The summed E-state index contributed by atoms with van der Waals surface area (Å²) in [7, 11) is 0. The minimum absolute atomic E-state index is 0.134. The van der Waals surface area contributed by atoms with E-state index in [9.17, 15) is 4.79 Å². The van der Waals surface area contributed by atoms with Crippen LogP contribution in [0.1, 0.15) is 50.2 Å². The summed E-state index contributed by atoms with van der Waals surface area (Å²) in [5, 5.41) is 3.97. The third-order valence-electron chi connectivity index (χ3n) is 4.94. The van der Waals surface area contributed by atoms with Gasteiger partial charge >= 0.3 is 0 Å². The van der Waals surface area contributed by atoms with Crippen LogP contribution < -0.4 is 5.73 Å². The van der Waals surface area contributed by atoms with Gasteiger partial charge in [-0.25, -0.2) is 0 Å². The molecule has 6 heteroatoms. The second kappa shape index (κ2) is 6.77. The van der Waals surface area contributed by atoms with Crippen molar-refractivity contribution in [3.05, 3.63) is 11.7 Å². The summed E-state index contributed by atoms with van der Waals surface area (Å²) in [5.41, 5.74) is 6.03. The highest BCUT2D eigenvalue weighted by Crippen LogP contribution is 2.28. The highest BCUT2D eigenvalue weighted by atomic mass is 16.5. The second-order valence-corrected chi connectivity index (χ2v) is 6.85. The van der Waals surface area contributed by atoms with Gasteiger partial charge in [-0.2, -0.15) is 4.98 Å². The fourth-order valence-electron chi connectivity index (χ4n) is 3.82. The molecule has 2 fully saturated rings. The number of nitrogens with two attached hydrogens (primary N) is 1. The first-order chi connectivity index (χ1) is 10.6. The molecular formula is C16H26N4O2. The molecule has 2 N–H and O–H groups in total. The first-order valence-corrected chi connectivity index (χ1v) is 8.45. The predicted octanol–water partition coefficient (Wildman–Crippen LogP) is 1.68. The Morgan fingerprint density at radius 2 is 2.23 bits per heavy atom. The average Bonchev–Trinajstić information content (AvgIpc) is 2.92. The number of aryl methyl sites for hydroxylation is 1. The van der Waals surface area contributed by atoms with E-state index in [2.05, 4.69) is 10.1 Å². The standard InChI is InChI=1S/C16H26N4O2/c1-11-18-15(19-22-11)8-12-4-3-7-20(10-12)16(21)13-5-2-6-14(17)9-13/h12-14H,2-10,17H2,1H3/t12-,13-,14+/m0/s1. The van der Waals surface area contributed by atoms with E-state index in [0.29, 0.717) is 17.7 Å². The Hall–Kier alpha value is -1.43. The molecule has 3 atom stereocenters. The van der Waals surface area contributed by atoms with Gasteiger partial charge in [0, 0.05) is 38.4 Å². The number of hydrogen-bond acceptors (Lipinski definition) is 5. The number of carbonyl (C=O) groups excluding carboxylic acids is 1. The van der Waals surface area contributed by atoms with Crippen LogP contribution in [0.4, 0.5) is 0 Å². The highest BCUT2D eigenvalue weighted by Gasteiger charge is 2.32. The van der Waals surface area contributed by atoms with Gasteiger partial charge in [0.15, 0.2) is 5.82 Å². The van der Waals surface area contributed by atoms with E-state index in [1.165, 1.54) is 0 Å². The molecule has 0 radical (unpaired) electrons. The summed E-state index contributed by atoms with van der Waals surface area (Å²) in [6.07, 6.45) is 6.97. The minimum atomic E-state index is 0.134. The maximum absolute atomic E-state index is 12.7. The van der Waals surface area contributed by atoms with Gasteiger partial charge in [0.25, 0.3) is 0 Å². The molecule has 0 unspecified atom stereocenters. The zero-order valence-corrected chi connectivity index (χ0v) is 13.3. The zero-order chi connectivity index (χ0) is 15.5. The molecule has 0 aromatic carbocycles. The summed E-state index contributed by atoms with van der Waals surface area (Å²) >= 11 is 0. The lowest BCUT2D eigenvalue weighted by atomic mass is 9.84. The molecule has 1 aromatic heterocycles. The first kappa shape index (κ1) is 15.5. The molecule has 1 amide bonds. The van der Waals surface area contributed by atoms with E-state index in [0.717, 1.165) is 63.9 Å². The number of amides is 1. The van der Waals surface area contributed by atoms with Crippen LogP contribution in [0, 0.1) is 18.8 Å². The van der Waals surface area contributed by atoms with Crippen LogP contribution in [0.25, 0.3) is 0 Å². The Labute approximate surface area is 131 Å². The van der Waals surface area contributed by atoms with Crippen molar-refractivity contribution in [3.8, 4) is 0 Å². The van der Waals surface area contributed by atoms with Crippen LogP contribution in [0.15, 0.2) is 4.52 Å². The van der Waals surface area contributed by atoms with Gasteiger partial charge in [-0.15, -0.1) is 0 Å². The largest absolute Gasteiger partial charge is 0.342 e. The number of hydrogen-bond donors (Lipinski definition) is 1. The van der Waals surface area contributed by atoms with Crippen molar-refractivity contribution in [2.24, 2.45) is 17.6 Å². The Kier molecular flexibility index (Phi) is 4.76. The number of carbonyl (C=O) groups is 1. The predicted molar refractivity (Wildman–Crippen MR) is 82.0 cm³/mol. The molecule has 1 saturated heterocycles. The molecule has 6 nitrogen and oxygen atoms in total. The van der Waals surface area contributed by atoms with E-state index in [1.54, 1.807) is 6.92 Å². The number of piperidine rings is 1. The summed E-state index contributed by atoms with van der Waals surface area (Å²) in [4.78, 5) is 19.0. The van der Waals surface area contributed by atoms with Gasteiger partial charge in [-0.3, -0.25) is 4.79 Å². The lowest BCUT2D eigenvalue weighted by Gasteiger charge is -2.36. The van der Waals surface area contributed by atoms with Crippen LogP contribution in [0.3, 0.4) is 0 Å². The third-order valence-corrected chi connectivity index (χ3v) is 4.94. The molecular weight excluding hydrogens is 280 g/mol. The van der Waals surface area contributed by atoms with Gasteiger partial charge in [0.1, 0.15) is 0 Å². The third kappa shape index (κ3) is 3.66. The molecule has 2 aliphatic rings. The van der Waals surface area contributed by atoms with E-state index in [1.807, 2.05) is 4.90 Å². The van der Waals surface area contributed by atoms with E-state index >= 15 is 0 Å².